The predicted octanol–water partition coefficient (Wildman–Crippen LogP) is 3.59. The lowest BCUT2D eigenvalue weighted by Crippen LogP contribution is -2.46. The lowest BCUT2D eigenvalue weighted by Gasteiger charge is -2.31. The number of amides is 2. The molecular weight excluding hydrogens is 442 g/mol. The molecule has 0 aliphatic carbocycles. The van der Waals surface area contributed by atoms with Crippen LogP contribution in [0.4, 0.5) is 5.69 Å². The number of carbonyl (C=O) groups excluding carboxylic acids is 2. The monoisotopic (exact) mass is 471 g/mol. The number of anilines is 1. The topological polar surface area (TPSA) is 89.4 Å². The molecule has 1 atom stereocenters. The average molecular weight is 472 g/mol. The second-order valence-corrected chi connectivity index (χ2v) is 8.43. The Bertz CT molecular complexity index is 1300. The van der Waals surface area contributed by atoms with Gasteiger partial charge in [-0.05, 0) is 43.7 Å². The van der Waals surface area contributed by atoms with E-state index in [-0.39, 0.29) is 18.4 Å². The van der Waals surface area contributed by atoms with Gasteiger partial charge in [0.05, 0.1) is 12.1 Å². The Kier molecular flexibility index (Phi) is 7.52. The van der Waals surface area contributed by atoms with Crippen molar-refractivity contribution in [2.24, 2.45) is 0 Å². The summed E-state index contributed by atoms with van der Waals surface area (Å²) in [6.45, 7) is 4.60. The van der Waals surface area contributed by atoms with Gasteiger partial charge in [0.1, 0.15) is 18.1 Å². The van der Waals surface area contributed by atoms with Gasteiger partial charge in [-0.2, -0.15) is 0 Å². The largest absolute Gasteiger partial charge is 0.383 e. The number of aromatic nitrogens is 3. The molecule has 8 nitrogen and oxygen atoms in total. The van der Waals surface area contributed by atoms with Crippen molar-refractivity contribution in [1.82, 2.24) is 20.3 Å². The van der Waals surface area contributed by atoms with Crippen molar-refractivity contribution in [2.45, 2.75) is 26.4 Å². The summed E-state index contributed by atoms with van der Waals surface area (Å²) < 4.78 is 6.66. The number of methoxy groups -OCH3 is 1. The van der Waals surface area contributed by atoms with Crippen molar-refractivity contribution in [1.29, 1.82) is 0 Å². The molecule has 0 spiro atoms. The molecule has 1 aromatic heterocycles. The molecule has 0 bridgehead atoms. The van der Waals surface area contributed by atoms with Gasteiger partial charge in [-0.3, -0.25) is 14.5 Å². The first-order valence-corrected chi connectivity index (χ1v) is 11.5. The molecule has 1 N–H and O–H groups in total. The number of rotatable bonds is 9. The number of benzene rings is 3. The lowest BCUT2D eigenvalue weighted by atomic mass is 10.0. The summed E-state index contributed by atoms with van der Waals surface area (Å²) in [5, 5.41) is 11.2. The smallest absolute Gasteiger partial charge is 0.249 e. The van der Waals surface area contributed by atoms with E-state index in [1.54, 1.807) is 16.7 Å². The van der Waals surface area contributed by atoms with Gasteiger partial charge in [0.15, 0.2) is 0 Å². The molecule has 2 amide bonds. The Morgan fingerprint density at radius 3 is 2.31 bits per heavy atom. The highest BCUT2D eigenvalue weighted by Crippen LogP contribution is 2.29. The lowest BCUT2D eigenvalue weighted by molar-refractivity contribution is -0.127. The molecule has 0 unspecified atom stereocenters. The van der Waals surface area contributed by atoms with Gasteiger partial charge in [0.25, 0.3) is 0 Å². The molecule has 0 fully saturated rings. The van der Waals surface area contributed by atoms with E-state index in [2.05, 4.69) is 15.6 Å². The second-order valence-electron chi connectivity index (χ2n) is 8.43. The molecule has 4 aromatic rings. The number of ether oxygens (including phenoxy) is 1. The van der Waals surface area contributed by atoms with Crippen molar-refractivity contribution < 1.29 is 14.3 Å². The fourth-order valence-electron chi connectivity index (χ4n) is 3.92. The van der Waals surface area contributed by atoms with Crippen LogP contribution in [0.2, 0.25) is 0 Å². The molecule has 0 saturated carbocycles. The minimum absolute atomic E-state index is 0.0674. The van der Waals surface area contributed by atoms with Crippen LogP contribution in [-0.4, -0.2) is 47.1 Å². The van der Waals surface area contributed by atoms with Gasteiger partial charge in [-0.25, -0.2) is 4.68 Å². The number of nitrogens with one attached hydrogen (secondary N) is 1. The molecule has 180 valence electrons. The number of aryl methyl sites for hydroxylation is 2. The zero-order valence-corrected chi connectivity index (χ0v) is 20.1. The van der Waals surface area contributed by atoms with Crippen molar-refractivity contribution in [3.05, 3.63) is 89.5 Å². The maximum Gasteiger partial charge on any atom is 0.249 e. The summed E-state index contributed by atoms with van der Waals surface area (Å²) in [6.07, 6.45) is 0. The van der Waals surface area contributed by atoms with Crippen molar-refractivity contribution >= 4 is 28.5 Å². The highest BCUT2D eigenvalue weighted by molar-refractivity contribution is 6.01. The number of hydrogen-bond acceptors (Lipinski definition) is 5. The average Bonchev–Trinajstić information content (AvgIpc) is 3.27. The fraction of sp³-hybridized carbons (Fsp3) is 0.259. The first-order valence-electron chi connectivity index (χ1n) is 11.5. The van der Waals surface area contributed by atoms with Gasteiger partial charge in [-0.15, -0.1) is 5.10 Å². The number of hydrogen-bond donors (Lipinski definition) is 1. The maximum atomic E-state index is 13.9. The fourth-order valence-corrected chi connectivity index (χ4v) is 3.92. The van der Waals surface area contributed by atoms with Gasteiger partial charge < -0.3 is 10.1 Å². The third-order valence-electron chi connectivity index (χ3n) is 5.79. The number of carbonyl (C=O) groups is 2. The Hall–Kier alpha value is -4.04. The van der Waals surface area contributed by atoms with Crippen molar-refractivity contribution in [3.63, 3.8) is 0 Å². The SMILES string of the molecule is COCCNC(=O)[C@H](c1ccc(C)cc1)N(C(=O)Cn1nnc2ccccc21)c1ccc(C)cc1. The number of fused-ring (bicyclic) bond motifs is 1. The van der Waals surface area contributed by atoms with Crippen LogP contribution in [-0.2, 0) is 20.9 Å². The molecule has 0 saturated heterocycles. The van der Waals surface area contributed by atoms with E-state index in [0.717, 1.165) is 16.6 Å². The molecule has 3 aromatic carbocycles. The number of nitrogens with zero attached hydrogens (tertiary/aromatic N) is 4. The normalized spacial score (nSPS) is 11.9. The molecule has 4 rings (SSSR count). The standard InChI is InChI=1S/C27H29N5O3/c1-19-8-12-21(13-9-19)26(27(34)28-16-17-35-3)32(22-14-10-20(2)11-15-22)25(33)18-31-24-7-5-4-6-23(24)29-30-31/h4-15,26H,16-18H2,1-3H3,(H,28,34)/t26-/m0/s1. The van der Waals surface area contributed by atoms with E-state index in [1.807, 2.05) is 86.6 Å². The number of para-hydroxylation sites is 1. The Labute approximate surface area is 204 Å². The molecule has 0 aliphatic heterocycles. The van der Waals surface area contributed by atoms with Crippen LogP contribution in [0, 0.1) is 13.8 Å². The summed E-state index contributed by atoms with van der Waals surface area (Å²) in [5.41, 5.74) is 4.91. The first-order chi connectivity index (χ1) is 17.0. The zero-order chi connectivity index (χ0) is 24.8. The summed E-state index contributed by atoms with van der Waals surface area (Å²) in [6, 6.07) is 21.8. The maximum absolute atomic E-state index is 13.9. The second kappa shape index (κ2) is 10.9. The van der Waals surface area contributed by atoms with Crippen molar-refractivity contribution in [3.8, 4) is 0 Å². The summed E-state index contributed by atoms with van der Waals surface area (Å²) in [4.78, 5) is 28.9. The summed E-state index contributed by atoms with van der Waals surface area (Å²) in [5.74, 6) is -0.569. The molecule has 35 heavy (non-hydrogen) atoms. The Balaban J connectivity index is 1.76. The Morgan fingerprint density at radius 1 is 0.971 bits per heavy atom. The Morgan fingerprint density at radius 2 is 1.63 bits per heavy atom. The van der Waals surface area contributed by atoms with E-state index >= 15 is 0 Å². The summed E-state index contributed by atoms with van der Waals surface area (Å²) >= 11 is 0. The van der Waals surface area contributed by atoms with Gasteiger partial charge in [-0.1, -0.05) is 64.9 Å². The minimum Gasteiger partial charge on any atom is -0.383 e. The molecular formula is C27H29N5O3. The van der Waals surface area contributed by atoms with Crippen LogP contribution in [0.15, 0.2) is 72.8 Å². The third-order valence-corrected chi connectivity index (χ3v) is 5.79. The molecule has 8 heteroatoms. The first kappa shape index (κ1) is 24.1. The van der Waals surface area contributed by atoms with Crippen LogP contribution in [0.1, 0.15) is 22.7 Å². The van der Waals surface area contributed by atoms with Crippen LogP contribution in [0.25, 0.3) is 11.0 Å². The van der Waals surface area contributed by atoms with Crippen LogP contribution >= 0.6 is 0 Å². The van der Waals surface area contributed by atoms with E-state index in [4.69, 9.17) is 4.74 Å². The van der Waals surface area contributed by atoms with Crippen LogP contribution in [0.5, 0.6) is 0 Å². The highest BCUT2D eigenvalue weighted by atomic mass is 16.5. The van der Waals surface area contributed by atoms with Gasteiger partial charge in [0, 0.05) is 19.3 Å². The highest BCUT2D eigenvalue weighted by Gasteiger charge is 2.33. The zero-order valence-electron chi connectivity index (χ0n) is 20.1. The van der Waals surface area contributed by atoms with Gasteiger partial charge >= 0.3 is 0 Å². The molecule has 1 heterocycles. The van der Waals surface area contributed by atoms with E-state index in [1.165, 1.54) is 0 Å². The van der Waals surface area contributed by atoms with E-state index < -0.39 is 6.04 Å². The molecule has 0 aliphatic rings. The van der Waals surface area contributed by atoms with E-state index in [9.17, 15) is 9.59 Å². The van der Waals surface area contributed by atoms with Crippen LogP contribution in [0.3, 0.4) is 0 Å². The third kappa shape index (κ3) is 5.55. The van der Waals surface area contributed by atoms with Gasteiger partial charge in [0.2, 0.25) is 11.8 Å². The van der Waals surface area contributed by atoms with E-state index in [0.29, 0.717) is 29.9 Å². The predicted molar refractivity (Wildman–Crippen MR) is 135 cm³/mol. The molecule has 0 radical (unpaired) electrons. The minimum atomic E-state index is -0.877. The van der Waals surface area contributed by atoms with Crippen molar-refractivity contribution in [2.75, 3.05) is 25.2 Å². The summed E-state index contributed by atoms with van der Waals surface area (Å²) in [7, 11) is 1.58. The quantitative estimate of drug-likeness (QED) is 0.377. The van der Waals surface area contributed by atoms with Crippen LogP contribution < -0.4 is 10.2 Å².